The Morgan fingerprint density at radius 3 is 2.85 bits per heavy atom. The van der Waals surface area contributed by atoms with Gasteiger partial charge in [-0.3, -0.25) is 16.3 Å². The largest absolute Gasteiger partial charge is 0.489 e. The standard InChI is InChI=1S/C15H23N3O2/c1-9(2)19-12-5-10(7-17-8-12)15(18-16)13-6-11-3-4-14(13)20-11/h5,7-9,11,13-15,18H,3-4,6,16H2,1-2H3. The van der Waals surface area contributed by atoms with Gasteiger partial charge in [0, 0.05) is 12.1 Å². The minimum absolute atomic E-state index is 0.0773. The Balaban J connectivity index is 1.79. The summed E-state index contributed by atoms with van der Waals surface area (Å²) in [4.78, 5) is 4.28. The number of hydrogen-bond acceptors (Lipinski definition) is 5. The molecular weight excluding hydrogens is 254 g/mol. The minimum atomic E-state index is 0.0773. The molecule has 0 aromatic carbocycles. The second kappa shape index (κ2) is 5.68. The molecule has 0 saturated carbocycles. The van der Waals surface area contributed by atoms with E-state index in [9.17, 15) is 0 Å². The van der Waals surface area contributed by atoms with Crippen LogP contribution in [0.15, 0.2) is 18.5 Å². The molecule has 20 heavy (non-hydrogen) atoms. The van der Waals surface area contributed by atoms with E-state index in [0.29, 0.717) is 18.1 Å². The molecule has 2 saturated heterocycles. The zero-order chi connectivity index (χ0) is 14.1. The first-order valence-electron chi connectivity index (χ1n) is 7.40. The molecule has 0 amide bonds. The lowest BCUT2D eigenvalue weighted by Crippen LogP contribution is -2.37. The van der Waals surface area contributed by atoms with Crippen LogP contribution in [-0.4, -0.2) is 23.3 Å². The highest BCUT2D eigenvalue weighted by molar-refractivity contribution is 5.27. The Hall–Kier alpha value is -1.17. The molecule has 3 heterocycles. The zero-order valence-electron chi connectivity index (χ0n) is 12.1. The smallest absolute Gasteiger partial charge is 0.138 e. The van der Waals surface area contributed by atoms with E-state index in [0.717, 1.165) is 24.2 Å². The first kappa shape index (κ1) is 13.8. The number of fused-ring (bicyclic) bond motifs is 2. The van der Waals surface area contributed by atoms with Crippen molar-refractivity contribution < 1.29 is 9.47 Å². The van der Waals surface area contributed by atoms with Gasteiger partial charge in [-0.15, -0.1) is 0 Å². The van der Waals surface area contributed by atoms with Gasteiger partial charge in [-0.25, -0.2) is 0 Å². The van der Waals surface area contributed by atoms with Crippen LogP contribution in [0.3, 0.4) is 0 Å². The predicted octanol–water partition coefficient (Wildman–Crippen LogP) is 1.94. The monoisotopic (exact) mass is 277 g/mol. The third-order valence-electron chi connectivity index (χ3n) is 4.23. The van der Waals surface area contributed by atoms with E-state index in [1.165, 1.54) is 6.42 Å². The van der Waals surface area contributed by atoms with Gasteiger partial charge < -0.3 is 9.47 Å². The molecule has 2 aliphatic rings. The lowest BCUT2D eigenvalue weighted by atomic mass is 9.81. The number of pyridine rings is 1. The van der Waals surface area contributed by atoms with Crippen molar-refractivity contribution in [3.05, 3.63) is 24.0 Å². The molecule has 0 radical (unpaired) electrons. The predicted molar refractivity (Wildman–Crippen MR) is 76.1 cm³/mol. The van der Waals surface area contributed by atoms with Crippen molar-refractivity contribution in [1.82, 2.24) is 10.4 Å². The van der Waals surface area contributed by atoms with Gasteiger partial charge in [0.05, 0.1) is 30.6 Å². The Bertz CT molecular complexity index is 466. The second-order valence-corrected chi connectivity index (χ2v) is 6.04. The van der Waals surface area contributed by atoms with Crippen LogP contribution in [0.5, 0.6) is 5.75 Å². The van der Waals surface area contributed by atoms with Gasteiger partial charge in [0.2, 0.25) is 0 Å². The summed E-state index contributed by atoms with van der Waals surface area (Å²) < 4.78 is 11.6. The number of hydrazine groups is 1. The van der Waals surface area contributed by atoms with E-state index in [4.69, 9.17) is 15.3 Å². The van der Waals surface area contributed by atoms with E-state index in [2.05, 4.69) is 10.4 Å². The third-order valence-corrected chi connectivity index (χ3v) is 4.23. The molecule has 3 rings (SSSR count). The summed E-state index contributed by atoms with van der Waals surface area (Å²) in [7, 11) is 0. The Morgan fingerprint density at radius 1 is 1.40 bits per heavy atom. The van der Waals surface area contributed by atoms with E-state index in [-0.39, 0.29) is 12.1 Å². The van der Waals surface area contributed by atoms with Gasteiger partial charge in [0.1, 0.15) is 5.75 Å². The fourth-order valence-corrected chi connectivity index (χ4v) is 3.44. The fourth-order valence-electron chi connectivity index (χ4n) is 3.44. The van der Waals surface area contributed by atoms with E-state index < -0.39 is 0 Å². The van der Waals surface area contributed by atoms with Gasteiger partial charge in [-0.2, -0.15) is 0 Å². The highest BCUT2D eigenvalue weighted by Crippen LogP contribution is 2.44. The molecule has 2 fully saturated rings. The van der Waals surface area contributed by atoms with Crippen LogP contribution in [0.25, 0.3) is 0 Å². The molecule has 2 aliphatic heterocycles. The summed E-state index contributed by atoms with van der Waals surface area (Å²) in [6.45, 7) is 4.02. The van der Waals surface area contributed by atoms with Gasteiger partial charge in [-0.05, 0) is 44.7 Å². The zero-order valence-corrected chi connectivity index (χ0v) is 12.1. The summed E-state index contributed by atoms with van der Waals surface area (Å²) in [6.07, 6.45) is 7.91. The van der Waals surface area contributed by atoms with Crippen LogP contribution in [-0.2, 0) is 4.74 Å². The number of aromatic nitrogens is 1. The summed E-state index contributed by atoms with van der Waals surface area (Å²) in [5.41, 5.74) is 4.03. The van der Waals surface area contributed by atoms with Crippen LogP contribution in [0.2, 0.25) is 0 Å². The van der Waals surface area contributed by atoms with Crippen LogP contribution < -0.4 is 16.0 Å². The lowest BCUT2D eigenvalue weighted by Gasteiger charge is -2.28. The summed E-state index contributed by atoms with van der Waals surface area (Å²) in [6, 6.07) is 2.11. The van der Waals surface area contributed by atoms with E-state index in [1.54, 1.807) is 6.20 Å². The molecule has 0 aliphatic carbocycles. The molecule has 5 heteroatoms. The average Bonchev–Trinajstić information content (AvgIpc) is 3.02. The number of nitrogens with two attached hydrogens (primary N) is 1. The SMILES string of the molecule is CC(C)Oc1cncc(C(NN)C2CC3CCC2O3)c1. The molecule has 4 atom stereocenters. The van der Waals surface area contributed by atoms with E-state index >= 15 is 0 Å². The third kappa shape index (κ3) is 2.66. The number of nitrogens with one attached hydrogen (secondary N) is 1. The first-order chi connectivity index (χ1) is 9.67. The topological polar surface area (TPSA) is 69.4 Å². The van der Waals surface area contributed by atoms with Gasteiger partial charge in [-0.1, -0.05) is 0 Å². The maximum Gasteiger partial charge on any atom is 0.138 e. The van der Waals surface area contributed by atoms with Crippen molar-refractivity contribution >= 4 is 0 Å². The van der Waals surface area contributed by atoms with Crippen molar-refractivity contribution in [1.29, 1.82) is 0 Å². The molecular formula is C15H23N3O2. The Kier molecular flexibility index (Phi) is 3.92. The maximum absolute atomic E-state index is 5.94. The van der Waals surface area contributed by atoms with Gasteiger partial charge in [0.25, 0.3) is 0 Å². The van der Waals surface area contributed by atoms with Crippen molar-refractivity contribution in [2.75, 3.05) is 0 Å². The molecule has 3 N–H and O–H groups in total. The number of ether oxygens (including phenoxy) is 2. The highest BCUT2D eigenvalue weighted by Gasteiger charge is 2.44. The summed E-state index contributed by atoms with van der Waals surface area (Å²) in [5, 5.41) is 0. The Labute approximate surface area is 119 Å². The van der Waals surface area contributed by atoms with Crippen LogP contribution >= 0.6 is 0 Å². The minimum Gasteiger partial charge on any atom is -0.489 e. The van der Waals surface area contributed by atoms with Gasteiger partial charge in [0.15, 0.2) is 0 Å². The lowest BCUT2D eigenvalue weighted by molar-refractivity contribution is 0.0856. The first-order valence-corrected chi connectivity index (χ1v) is 7.40. The van der Waals surface area contributed by atoms with Crippen LogP contribution in [0.4, 0.5) is 0 Å². The van der Waals surface area contributed by atoms with Crippen molar-refractivity contribution in [3.63, 3.8) is 0 Å². The average molecular weight is 277 g/mol. The van der Waals surface area contributed by atoms with Gasteiger partial charge >= 0.3 is 0 Å². The molecule has 2 bridgehead atoms. The quantitative estimate of drug-likeness (QED) is 0.636. The molecule has 4 unspecified atom stereocenters. The molecule has 1 aromatic rings. The molecule has 110 valence electrons. The molecule has 0 spiro atoms. The fraction of sp³-hybridized carbons (Fsp3) is 0.667. The van der Waals surface area contributed by atoms with E-state index in [1.807, 2.05) is 26.1 Å². The molecule has 1 aromatic heterocycles. The number of hydrogen-bond donors (Lipinski definition) is 2. The van der Waals surface area contributed by atoms with Crippen molar-refractivity contribution in [2.24, 2.45) is 11.8 Å². The Morgan fingerprint density at radius 2 is 2.25 bits per heavy atom. The maximum atomic E-state index is 5.94. The number of nitrogens with zero attached hydrogens (tertiary/aromatic N) is 1. The summed E-state index contributed by atoms with van der Waals surface area (Å²) >= 11 is 0. The van der Waals surface area contributed by atoms with Crippen LogP contribution in [0, 0.1) is 5.92 Å². The van der Waals surface area contributed by atoms with Crippen molar-refractivity contribution in [2.45, 2.75) is 57.5 Å². The van der Waals surface area contributed by atoms with Crippen LogP contribution in [0.1, 0.15) is 44.7 Å². The number of rotatable bonds is 5. The summed E-state index contributed by atoms with van der Waals surface area (Å²) in [5.74, 6) is 7.01. The molecule has 5 nitrogen and oxygen atoms in total. The van der Waals surface area contributed by atoms with Crippen molar-refractivity contribution in [3.8, 4) is 5.75 Å². The highest BCUT2D eigenvalue weighted by atomic mass is 16.5. The second-order valence-electron chi connectivity index (χ2n) is 6.04. The normalized spacial score (nSPS) is 29.9.